The van der Waals surface area contributed by atoms with Crippen LogP contribution in [-0.2, 0) is 40.3 Å². The number of carboxylic acids is 2. The van der Waals surface area contributed by atoms with Crippen LogP contribution in [0.3, 0.4) is 0 Å². The van der Waals surface area contributed by atoms with Gasteiger partial charge in [0.25, 0.3) is 0 Å². The molecule has 0 amide bonds. The van der Waals surface area contributed by atoms with E-state index in [0.29, 0.717) is 0 Å². The summed E-state index contributed by atoms with van der Waals surface area (Å²) in [7, 11) is 0. The summed E-state index contributed by atoms with van der Waals surface area (Å²) in [4.78, 5) is 17.8. The van der Waals surface area contributed by atoms with E-state index in [2.05, 4.69) is 14.7 Å². The molecule has 212 valence electrons. The van der Waals surface area contributed by atoms with Crippen molar-refractivity contribution in [2.24, 2.45) is 5.41 Å². The molecule has 1 aliphatic carbocycles. The van der Waals surface area contributed by atoms with Gasteiger partial charge in [-0.1, -0.05) is 0 Å². The molecule has 0 unspecified atom stereocenters. The lowest BCUT2D eigenvalue weighted by Gasteiger charge is -2.39. The van der Waals surface area contributed by atoms with Gasteiger partial charge in [-0.05, 0) is 71.5 Å². The molecule has 4 rings (SSSR count). The van der Waals surface area contributed by atoms with Gasteiger partial charge in [0.1, 0.15) is 10.8 Å². The molecule has 37 heavy (non-hydrogen) atoms. The summed E-state index contributed by atoms with van der Waals surface area (Å²) >= 11 is -1.05. The molecule has 3 heterocycles. The van der Waals surface area contributed by atoms with Crippen molar-refractivity contribution >= 4 is 23.3 Å². The van der Waals surface area contributed by atoms with Gasteiger partial charge in [0, 0.05) is 23.3 Å². The maximum Gasteiger partial charge on any atom is 0.490 e. The summed E-state index contributed by atoms with van der Waals surface area (Å²) in [6, 6.07) is 0.180. The maximum atomic E-state index is 12.8. The average Bonchev–Trinajstić information content (AvgIpc) is 3.39. The lowest BCUT2D eigenvalue weighted by molar-refractivity contribution is -0.193. The molecule has 1 aromatic rings. The van der Waals surface area contributed by atoms with Gasteiger partial charge in [-0.15, -0.1) is 4.72 Å². The Labute approximate surface area is 212 Å². The normalized spacial score (nSPS) is 21.2. The van der Waals surface area contributed by atoms with Crippen molar-refractivity contribution < 1.29 is 50.7 Å². The van der Waals surface area contributed by atoms with Gasteiger partial charge in [-0.3, -0.25) is 4.68 Å². The number of piperidine rings is 1. The molecule has 2 atom stereocenters. The fraction of sp³-hybridized carbons (Fsp3) is 0.762. The number of carbonyl (C=O) groups is 2. The third-order valence-corrected chi connectivity index (χ3v) is 7.80. The number of rotatable bonds is 2. The Hall–Kier alpha value is -2.04. The van der Waals surface area contributed by atoms with Gasteiger partial charge in [-0.2, -0.15) is 31.4 Å². The molecule has 0 radical (unpaired) electrons. The van der Waals surface area contributed by atoms with Crippen LogP contribution < -0.4 is 10.0 Å². The first-order valence-electron chi connectivity index (χ1n) is 11.4. The molecule has 9 nitrogen and oxygen atoms in total. The van der Waals surface area contributed by atoms with E-state index in [4.69, 9.17) is 24.9 Å². The summed E-state index contributed by atoms with van der Waals surface area (Å²) in [5.41, 5.74) is 4.25. The van der Waals surface area contributed by atoms with Gasteiger partial charge >= 0.3 is 24.3 Å². The molecule has 3 aliphatic rings. The van der Waals surface area contributed by atoms with Gasteiger partial charge in [0.15, 0.2) is 0 Å². The highest BCUT2D eigenvalue weighted by atomic mass is 32.2. The Morgan fingerprint density at radius 3 is 1.97 bits per heavy atom. The third kappa shape index (κ3) is 7.74. The SMILES string of the molecule is CC(C)(C)[S@+]([O-])N[C@@H]1c2c3c(nn2CC12CCNCC2)CCC3.O=C(O)C(F)(F)F.O=C(O)C(F)(F)F. The van der Waals surface area contributed by atoms with Crippen LogP contribution in [0, 0.1) is 5.41 Å². The van der Waals surface area contributed by atoms with Crippen molar-refractivity contribution in [3.63, 3.8) is 0 Å². The van der Waals surface area contributed by atoms with Crippen molar-refractivity contribution in [2.45, 2.75) is 82.6 Å². The second-order valence-electron chi connectivity index (χ2n) is 9.97. The molecular formula is C21H30F6N4O5S. The molecule has 1 fully saturated rings. The van der Waals surface area contributed by atoms with Crippen LogP contribution in [0.5, 0.6) is 0 Å². The van der Waals surface area contributed by atoms with Crippen LogP contribution in [0.4, 0.5) is 26.3 Å². The molecule has 1 aromatic heterocycles. The van der Waals surface area contributed by atoms with E-state index in [1.54, 1.807) is 0 Å². The fourth-order valence-corrected chi connectivity index (χ4v) is 5.36. The number of hydrogen-bond acceptors (Lipinski definition) is 6. The minimum Gasteiger partial charge on any atom is -0.598 e. The van der Waals surface area contributed by atoms with Crippen LogP contribution in [0.2, 0.25) is 0 Å². The first kappa shape index (κ1) is 31.2. The molecule has 1 spiro atoms. The van der Waals surface area contributed by atoms with E-state index in [-0.39, 0.29) is 16.2 Å². The quantitative estimate of drug-likeness (QED) is 0.318. The van der Waals surface area contributed by atoms with E-state index in [0.717, 1.165) is 45.3 Å². The first-order valence-corrected chi connectivity index (χ1v) is 12.5. The van der Waals surface area contributed by atoms with Crippen molar-refractivity contribution in [1.82, 2.24) is 19.8 Å². The monoisotopic (exact) mass is 564 g/mol. The zero-order valence-electron chi connectivity index (χ0n) is 20.4. The van der Waals surface area contributed by atoms with Crippen LogP contribution in [-0.4, -0.2) is 66.7 Å². The van der Waals surface area contributed by atoms with Gasteiger partial charge in [0.05, 0.1) is 11.4 Å². The highest BCUT2D eigenvalue weighted by Gasteiger charge is 2.52. The second kappa shape index (κ2) is 11.4. The summed E-state index contributed by atoms with van der Waals surface area (Å²) in [6.07, 6.45) is -4.44. The molecular weight excluding hydrogens is 534 g/mol. The molecule has 16 heteroatoms. The third-order valence-electron chi connectivity index (χ3n) is 6.23. The number of aromatic nitrogens is 2. The van der Waals surface area contributed by atoms with Crippen molar-refractivity contribution in [3.05, 3.63) is 17.0 Å². The molecule has 1 saturated heterocycles. The second-order valence-corrected chi connectivity index (χ2v) is 12.0. The van der Waals surface area contributed by atoms with Crippen molar-refractivity contribution in [1.29, 1.82) is 0 Å². The van der Waals surface area contributed by atoms with Crippen molar-refractivity contribution in [2.75, 3.05) is 13.1 Å². The highest BCUT2D eigenvalue weighted by molar-refractivity contribution is 7.90. The zero-order valence-corrected chi connectivity index (χ0v) is 21.2. The lowest BCUT2D eigenvalue weighted by atomic mass is 9.73. The predicted molar refractivity (Wildman–Crippen MR) is 120 cm³/mol. The van der Waals surface area contributed by atoms with Crippen LogP contribution >= 0.6 is 0 Å². The number of aliphatic carboxylic acids is 2. The van der Waals surface area contributed by atoms with E-state index in [9.17, 15) is 30.9 Å². The fourth-order valence-electron chi connectivity index (χ4n) is 4.43. The Morgan fingerprint density at radius 2 is 1.54 bits per heavy atom. The minimum absolute atomic E-state index is 0.173. The van der Waals surface area contributed by atoms with Crippen molar-refractivity contribution in [3.8, 4) is 0 Å². The number of nitrogens with zero attached hydrogens (tertiary/aromatic N) is 2. The molecule has 2 aliphatic heterocycles. The van der Waals surface area contributed by atoms with Gasteiger partial charge < -0.3 is 20.1 Å². The van der Waals surface area contributed by atoms with Gasteiger partial charge in [0.2, 0.25) is 0 Å². The topological polar surface area (TPSA) is 140 Å². The Bertz CT molecular complexity index is 946. The van der Waals surface area contributed by atoms with Crippen LogP contribution in [0.25, 0.3) is 0 Å². The summed E-state index contributed by atoms with van der Waals surface area (Å²) in [5, 5.41) is 22.6. The Balaban J connectivity index is 0.000000286. The minimum atomic E-state index is -5.08. The zero-order chi connectivity index (χ0) is 28.4. The predicted octanol–water partition coefficient (Wildman–Crippen LogP) is 3.11. The van der Waals surface area contributed by atoms with E-state index >= 15 is 0 Å². The molecule has 4 N–H and O–H groups in total. The van der Waals surface area contributed by atoms with Crippen LogP contribution in [0.1, 0.15) is 63.0 Å². The first-order chi connectivity index (χ1) is 16.8. The maximum absolute atomic E-state index is 12.8. The van der Waals surface area contributed by atoms with Crippen LogP contribution in [0.15, 0.2) is 0 Å². The van der Waals surface area contributed by atoms with E-state index in [1.807, 2.05) is 20.8 Å². The number of hydrogen-bond donors (Lipinski definition) is 4. The summed E-state index contributed by atoms with van der Waals surface area (Å²) in [5.74, 6) is -5.51. The van der Waals surface area contributed by atoms with Gasteiger partial charge in [-0.25, -0.2) is 9.59 Å². The number of nitrogens with one attached hydrogen (secondary N) is 2. The number of aryl methyl sites for hydroxylation is 1. The standard InChI is InChI=1S/C17H28N4OS.2C2HF3O2/c1-16(2,3)23(22)20-15-14-12-5-4-6-13(12)19-21(14)11-17(15)7-9-18-10-8-17;2*3-2(4,5)1(6)7/h15,18,20H,4-11H2,1-3H3;2*(H,6,7)/t15-,23+;;/m1../s1. The molecule has 0 saturated carbocycles. The molecule has 0 aromatic carbocycles. The summed E-state index contributed by atoms with van der Waals surface area (Å²) < 4.78 is 81.8. The molecule has 0 bridgehead atoms. The number of alkyl halides is 6. The number of carboxylic acid groups (broad SMARTS) is 2. The highest BCUT2D eigenvalue weighted by Crippen LogP contribution is 2.51. The van der Waals surface area contributed by atoms with E-state index in [1.165, 1.54) is 23.4 Å². The Morgan fingerprint density at radius 1 is 1.05 bits per heavy atom. The Kier molecular flexibility index (Phi) is 9.58. The smallest absolute Gasteiger partial charge is 0.490 e. The van der Waals surface area contributed by atoms with E-state index < -0.39 is 35.7 Å². The summed E-state index contributed by atoms with van der Waals surface area (Å²) in [6.45, 7) is 9.21. The lowest BCUT2D eigenvalue weighted by Crippen LogP contribution is -2.49. The average molecular weight is 565 g/mol. The largest absolute Gasteiger partial charge is 0.598 e. The number of halogens is 6. The number of fused-ring (bicyclic) bond motifs is 3.